The van der Waals surface area contributed by atoms with Crippen molar-refractivity contribution in [3.63, 3.8) is 0 Å². The molecule has 5 nitrogen and oxygen atoms in total. The summed E-state index contributed by atoms with van der Waals surface area (Å²) < 4.78 is 7.23. The predicted molar refractivity (Wildman–Crippen MR) is 73.0 cm³/mol. The minimum atomic E-state index is -0.0821. The maximum atomic E-state index is 5.50. The molecule has 1 fully saturated rings. The fourth-order valence-electron chi connectivity index (χ4n) is 2.56. The Labute approximate surface area is 116 Å². The van der Waals surface area contributed by atoms with Crippen molar-refractivity contribution in [2.75, 3.05) is 0 Å². The Kier molecular flexibility index (Phi) is 2.30. The van der Waals surface area contributed by atoms with Gasteiger partial charge in [0.1, 0.15) is 5.69 Å². The number of rotatable bonds is 3. The fraction of sp³-hybridized carbons (Fsp3) is 0.267. The Bertz CT molecular complexity index is 740. The van der Waals surface area contributed by atoms with Crippen molar-refractivity contribution in [2.24, 2.45) is 7.05 Å². The largest absolute Gasteiger partial charge is 0.338 e. The van der Waals surface area contributed by atoms with Crippen LogP contribution in [0.1, 0.15) is 24.3 Å². The van der Waals surface area contributed by atoms with Crippen LogP contribution in [0.2, 0.25) is 0 Å². The lowest BCUT2D eigenvalue weighted by Crippen LogP contribution is -2.08. The molecule has 1 aliphatic carbocycles. The Morgan fingerprint density at radius 2 is 1.95 bits per heavy atom. The molecule has 5 heteroatoms. The van der Waals surface area contributed by atoms with Crippen LogP contribution >= 0.6 is 0 Å². The van der Waals surface area contributed by atoms with Gasteiger partial charge in [0.25, 0.3) is 0 Å². The van der Waals surface area contributed by atoms with Crippen molar-refractivity contribution in [1.29, 1.82) is 0 Å². The number of hydrogen-bond donors (Lipinski definition) is 0. The van der Waals surface area contributed by atoms with Crippen LogP contribution in [-0.4, -0.2) is 19.9 Å². The average molecular weight is 266 g/mol. The smallest absolute Gasteiger partial charge is 0.237 e. The van der Waals surface area contributed by atoms with Gasteiger partial charge in [-0.05, 0) is 24.5 Å². The topological polar surface area (TPSA) is 56.7 Å². The van der Waals surface area contributed by atoms with Crippen LogP contribution in [-0.2, 0) is 12.5 Å². The van der Waals surface area contributed by atoms with Gasteiger partial charge in [0.2, 0.25) is 11.7 Å². The number of hydrogen-bond acceptors (Lipinski definition) is 4. The van der Waals surface area contributed by atoms with Gasteiger partial charge in [-0.15, -0.1) is 0 Å². The van der Waals surface area contributed by atoms with Gasteiger partial charge in [-0.2, -0.15) is 10.1 Å². The summed E-state index contributed by atoms with van der Waals surface area (Å²) in [7, 11) is 1.87. The van der Waals surface area contributed by atoms with Gasteiger partial charge in [0.15, 0.2) is 0 Å². The summed E-state index contributed by atoms with van der Waals surface area (Å²) in [4.78, 5) is 4.55. The van der Waals surface area contributed by atoms with E-state index in [0.717, 1.165) is 18.5 Å². The number of aromatic nitrogens is 4. The second-order valence-electron chi connectivity index (χ2n) is 5.25. The molecule has 1 aromatic carbocycles. The van der Waals surface area contributed by atoms with Crippen LogP contribution in [0, 0.1) is 0 Å². The van der Waals surface area contributed by atoms with E-state index >= 15 is 0 Å². The highest BCUT2D eigenvalue weighted by Gasteiger charge is 2.50. The van der Waals surface area contributed by atoms with E-state index in [9.17, 15) is 0 Å². The van der Waals surface area contributed by atoms with Gasteiger partial charge in [-0.25, -0.2) is 0 Å². The summed E-state index contributed by atoms with van der Waals surface area (Å²) >= 11 is 0. The SMILES string of the molecule is Cn1ccc(-c2noc(C3(c4ccccc4)CC3)n2)n1. The first kappa shape index (κ1) is 11.4. The first-order chi connectivity index (χ1) is 9.78. The summed E-state index contributed by atoms with van der Waals surface area (Å²) in [6, 6.07) is 12.2. The number of benzene rings is 1. The molecule has 4 rings (SSSR count). The van der Waals surface area contributed by atoms with Crippen LogP contribution in [0.25, 0.3) is 11.5 Å². The molecule has 2 aromatic heterocycles. The minimum Gasteiger partial charge on any atom is -0.338 e. The summed E-state index contributed by atoms with van der Waals surface area (Å²) in [5.74, 6) is 1.26. The molecular formula is C15H14N4O. The predicted octanol–water partition coefficient (Wildman–Crippen LogP) is 2.55. The van der Waals surface area contributed by atoms with E-state index in [4.69, 9.17) is 4.52 Å². The molecule has 20 heavy (non-hydrogen) atoms. The van der Waals surface area contributed by atoms with E-state index in [-0.39, 0.29) is 5.41 Å². The lowest BCUT2D eigenvalue weighted by Gasteiger charge is -2.09. The van der Waals surface area contributed by atoms with Gasteiger partial charge in [-0.1, -0.05) is 35.5 Å². The Morgan fingerprint density at radius 1 is 1.15 bits per heavy atom. The number of nitrogens with zero attached hydrogens (tertiary/aromatic N) is 4. The first-order valence-corrected chi connectivity index (χ1v) is 6.68. The van der Waals surface area contributed by atoms with Crippen molar-refractivity contribution in [1.82, 2.24) is 19.9 Å². The maximum absolute atomic E-state index is 5.50. The second kappa shape index (κ2) is 4.03. The Morgan fingerprint density at radius 3 is 2.60 bits per heavy atom. The molecule has 2 heterocycles. The van der Waals surface area contributed by atoms with Crippen LogP contribution in [0.3, 0.4) is 0 Å². The molecule has 0 aliphatic heterocycles. The number of aryl methyl sites for hydroxylation is 1. The van der Waals surface area contributed by atoms with Crippen LogP contribution < -0.4 is 0 Å². The molecule has 0 saturated heterocycles. The summed E-state index contributed by atoms with van der Waals surface area (Å²) in [5, 5.41) is 8.37. The molecule has 0 spiro atoms. The molecular weight excluding hydrogens is 252 g/mol. The molecule has 1 saturated carbocycles. The molecule has 0 bridgehead atoms. The third-order valence-electron chi connectivity index (χ3n) is 3.85. The average Bonchev–Trinajstić information content (AvgIpc) is 2.93. The van der Waals surface area contributed by atoms with Gasteiger partial charge in [0.05, 0.1) is 5.41 Å². The van der Waals surface area contributed by atoms with E-state index in [1.165, 1.54) is 5.56 Å². The van der Waals surface area contributed by atoms with E-state index in [2.05, 4.69) is 27.4 Å². The van der Waals surface area contributed by atoms with E-state index in [0.29, 0.717) is 11.7 Å². The molecule has 0 amide bonds. The highest BCUT2D eigenvalue weighted by molar-refractivity contribution is 5.48. The minimum absolute atomic E-state index is 0.0821. The zero-order valence-electron chi connectivity index (χ0n) is 11.2. The van der Waals surface area contributed by atoms with Crippen molar-refractivity contribution >= 4 is 0 Å². The lowest BCUT2D eigenvalue weighted by molar-refractivity contribution is 0.360. The molecule has 3 aromatic rings. The van der Waals surface area contributed by atoms with Crippen molar-refractivity contribution in [2.45, 2.75) is 18.3 Å². The second-order valence-corrected chi connectivity index (χ2v) is 5.25. The summed E-state index contributed by atoms with van der Waals surface area (Å²) in [6.45, 7) is 0. The van der Waals surface area contributed by atoms with Crippen LogP contribution in [0.4, 0.5) is 0 Å². The van der Waals surface area contributed by atoms with Crippen LogP contribution in [0.15, 0.2) is 47.1 Å². The van der Waals surface area contributed by atoms with E-state index in [1.54, 1.807) is 4.68 Å². The monoisotopic (exact) mass is 266 g/mol. The van der Waals surface area contributed by atoms with Gasteiger partial charge >= 0.3 is 0 Å². The van der Waals surface area contributed by atoms with Crippen molar-refractivity contribution in [3.8, 4) is 11.5 Å². The molecule has 1 aliphatic rings. The lowest BCUT2D eigenvalue weighted by atomic mass is 9.96. The third-order valence-corrected chi connectivity index (χ3v) is 3.85. The third kappa shape index (κ3) is 1.66. The normalized spacial score (nSPS) is 16.2. The van der Waals surface area contributed by atoms with Gasteiger partial charge in [0, 0.05) is 13.2 Å². The highest BCUT2D eigenvalue weighted by Crippen LogP contribution is 2.52. The Hall–Kier alpha value is -2.43. The quantitative estimate of drug-likeness (QED) is 0.731. The van der Waals surface area contributed by atoms with E-state index < -0.39 is 0 Å². The maximum Gasteiger partial charge on any atom is 0.237 e. The van der Waals surface area contributed by atoms with Crippen molar-refractivity contribution < 1.29 is 4.52 Å². The van der Waals surface area contributed by atoms with Crippen LogP contribution in [0.5, 0.6) is 0 Å². The Balaban J connectivity index is 1.72. The van der Waals surface area contributed by atoms with Gasteiger partial charge < -0.3 is 4.52 Å². The molecule has 100 valence electrons. The summed E-state index contributed by atoms with van der Waals surface area (Å²) in [5.41, 5.74) is 1.91. The fourth-order valence-corrected chi connectivity index (χ4v) is 2.56. The van der Waals surface area contributed by atoms with Crippen molar-refractivity contribution in [3.05, 3.63) is 54.0 Å². The molecule has 0 atom stereocenters. The first-order valence-electron chi connectivity index (χ1n) is 6.68. The molecule has 0 N–H and O–H groups in total. The highest BCUT2D eigenvalue weighted by atomic mass is 16.5. The zero-order chi connectivity index (χ0) is 13.6. The standard InChI is InChI=1S/C15H14N4O/c1-19-10-7-12(17-19)13-16-14(20-18-13)15(8-9-15)11-5-3-2-4-6-11/h2-7,10H,8-9H2,1H3. The van der Waals surface area contributed by atoms with E-state index in [1.807, 2.05) is 37.5 Å². The zero-order valence-corrected chi connectivity index (χ0v) is 11.2. The summed E-state index contributed by atoms with van der Waals surface area (Å²) in [6.07, 6.45) is 3.98. The van der Waals surface area contributed by atoms with Gasteiger partial charge in [-0.3, -0.25) is 4.68 Å². The molecule has 0 unspecified atom stereocenters. The molecule has 0 radical (unpaired) electrons.